The first-order valence-electron chi connectivity index (χ1n) is 5.17. The van der Waals surface area contributed by atoms with E-state index in [0.717, 1.165) is 5.13 Å². The number of rotatable bonds is 4. The van der Waals surface area contributed by atoms with Gasteiger partial charge in [0.25, 0.3) is 0 Å². The molecule has 16 heavy (non-hydrogen) atoms. The Morgan fingerprint density at radius 3 is 2.94 bits per heavy atom. The van der Waals surface area contributed by atoms with E-state index in [-0.39, 0.29) is 0 Å². The molecule has 1 aromatic heterocycles. The molecule has 0 saturated carbocycles. The number of aromatic nitrogens is 1. The van der Waals surface area contributed by atoms with Gasteiger partial charge >= 0.3 is 5.97 Å². The molecule has 1 saturated heterocycles. The maximum Gasteiger partial charge on any atom is 0.311 e. The fraction of sp³-hybridized carbons (Fsp3) is 0.600. The van der Waals surface area contributed by atoms with Gasteiger partial charge in [0.2, 0.25) is 0 Å². The van der Waals surface area contributed by atoms with Crippen molar-refractivity contribution in [2.75, 3.05) is 25.1 Å². The Bertz CT molecular complexity index is 347. The van der Waals surface area contributed by atoms with Gasteiger partial charge in [-0.05, 0) is 12.8 Å². The Hall–Kier alpha value is -1.14. The molecule has 0 atom stereocenters. The van der Waals surface area contributed by atoms with Gasteiger partial charge < -0.3 is 15.2 Å². The van der Waals surface area contributed by atoms with Crippen LogP contribution < -0.4 is 5.32 Å². The van der Waals surface area contributed by atoms with Crippen molar-refractivity contribution in [2.45, 2.75) is 12.8 Å². The zero-order valence-corrected chi connectivity index (χ0v) is 9.63. The standard InChI is InChI=1S/C10H14N2O3S/c13-8(14)10(1-4-15-5-2-10)7-12-9-11-3-6-16-9/h3,6H,1-2,4-5,7H2,(H,11,12)(H,13,14). The third-order valence-electron chi connectivity index (χ3n) is 2.91. The summed E-state index contributed by atoms with van der Waals surface area (Å²) in [5, 5.41) is 15.0. The van der Waals surface area contributed by atoms with E-state index in [1.54, 1.807) is 6.20 Å². The summed E-state index contributed by atoms with van der Waals surface area (Å²) < 4.78 is 5.21. The molecule has 5 nitrogen and oxygen atoms in total. The lowest BCUT2D eigenvalue weighted by Gasteiger charge is -2.33. The largest absolute Gasteiger partial charge is 0.481 e. The van der Waals surface area contributed by atoms with Crippen LogP contribution in [0.3, 0.4) is 0 Å². The SMILES string of the molecule is O=C(O)C1(CNc2nccs2)CCOCC1. The minimum absolute atomic E-state index is 0.416. The molecule has 0 aliphatic carbocycles. The summed E-state index contributed by atoms with van der Waals surface area (Å²) in [6.07, 6.45) is 2.81. The first-order valence-corrected chi connectivity index (χ1v) is 6.05. The van der Waals surface area contributed by atoms with Gasteiger partial charge in [-0.15, -0.1) is 11.3 Å². The quantitative estimate of drug-likeness (QED) is 0.836. The summed E-state index contributed by atoms with van der Waals surface area (Å²) in [6, 6.07) is 0. The van der Waals surface area contributed by atoms with Crippen LogP contribution in [0.4, 0.5) is 5.13 Å². The number of nitrogens with zero attached hydrogens (tertiary/aromatic N) is 1. The third-order valence-corrected chi connectivity index (χ3v) is 3.64. The summed E-state index contributed by atoms with van der Waals surface area (Å²) in [5.41, 5.74) is -0.704. The van der Waals surface area contributed by atoms with Crippen LogP contribution in [0.25, 0.3) is 0 Å². The molecule has 0 aromatic carbocycles. The maximum atomic E-state index is 11.3. The van der Waals surface area contributed by atoms with Crippen LogP contribution in [0.5, 0.6) is 0 Å². The third kappa shape index (κ3) is 2.33. The van der Waals surface area contributed by atoms with Crippen molar-refractivity contribution in [2.24, 2.45) is 5.41 Å². The first kappa shape index (κ1) is 11.3. The highest BCUT2D eigenvalue weighted by Gasteiger charge is 2.40. The van der Waals surface area contributed by atoms with Gasteiger partial charge in [-0.2, -0.15) is 0 Å². The van der Waals surface area contributed by atoms with E-state index in [9.17, 15) is 9.90 Å². The highest BCUT2D eigenvalue weighted by atomic mass is 32.1. The van der Waals surface area contributed by atoms with Gasteiger partial charge in [-0.3, -0.25) is 4.79 Å². The van der Waals surface area contributed by atoms with Crippen LogP contribution in [-0.4, -0.2) is 35.8 Å². The molecule has 2 rings (SSSR count). The van der Waals surface area contributed by atoms with Gasteiger partial charge in [0.1, 0.15) is 0 Å². The summed E-state index contributed by atoms with van der Waals surface area (Å²) in [5.74, 6) is -0.750. The van der Waals surface area contributed by atoms with Gasteiger partial charge in [0.05, 0.1) is 5.41 Å². The number of ether oxygens (including phenoxy) is 1. The molecule has 0 spiro atoms. The molecule has 1 fully saturated rings. The molecule has 2 N–H and O–H groups in total. The molecule has 1 aliphatic heterocycles. The number of thiazole rings is 1. The molecule has 1 aliphatic rings. The molecular weight excluding hydrogens is 228 g/mol. The molecule has 0 unspecified atom stereocenters. The van der Waals surface area contributed by atoms with E-state index in [0.29, 0.717) is 32.6 Å². The summed E-state index contributed by atoms with van der Waals surface area (Å²) >= 11 is 1.48. The summed E-state index contributed by atoms with van der Waals surface area (Å²) in [7, 11) is 0. The number of carboxylic acid groups (broad SMARTS) is 1. The van der Waals surface area contributed by atoms with Crippen molar-refractivity contribution in [3.63, 3.8) is 0 Å². The lowest BCUT2D eigenvalue weighted by Crippen LogP contribution is -2.42. The Morgan fingerprint density at radius 1 is 1.62 bits per heavy atom. The number of carbonyl (C=O) groups is 1. The number of carboxylic acids is 1. The lowest BCUT2D eigenvalue weighted by atomic mass is 9.80. The van der Waals surface area contributed by atoms with Crippen molar-refractivity contribution in [3.8, 4) is 0 Å². The van der Waals surface area contributed by atoms with Crippen molar-refractivity contribution < 1.29 is 14.6 Å². The molecule has 0 amide bonds. The summed E-state index contributed by atoms with van der Waals surface area (Å²) in [4.78, 5) is 15.4. The Morgan fingerprint density at radius 2 is 2.38 bits per heavy atom. The molecular formula is C10H14N2O3S. The Labute approximate surface area is 97.5 Å². The average Bonchev–Trinajstić information content (AvgIpc) is 2.80. The minimum Gasteiger partial charge on any atom is -0.481 e. The van der Waals surface area contributed by atoms with Crippen LogP contribution >= 0.6 is 11.3 Å². The highest BCUT2D eigenvalue weighted by Crippen LogP contribution is 2.31. The predicted octanol–water partition coefficient (Wildman–Crippen LogP) is 1.44. The summed E-state index contributed by atoms with van der Waals surface area (Å²) in [6.45, 7) is 1.46. The van der Waals surface area contributed by atoms with Crippen molar-refractivity contribution in [1.29, 1.82) is 0 Å². The monoisotopic (exact) mass is 242 g/mol. The number of anilines is 1. The minimum atomic E-state index is -0.750. The van der Waals surface area contributed by atoms with E-state index in [1.807, 2.05) is 5.38 Å². The second-order valence-electron chi connectivity index (χ2n) is 3.89. The van der Waals surface area contributed by atoms with Gasteiger partial charge in [0.15, 0.2) is 5.13 Å². The van der Waals surface area contributed by atoms with Crippen LogP contribution in [0, 0.1) is 5.41 Å². The molecule has 0 radical (unpaired) electrons. The van der Waals surface area contributed by atoms with Crippen LogP contribution in [-0.2, 0) is 9.53 Å². The van der Waals surface area contributed by atoms with Crippen LogP contribution in [0.2, 0.25) is 0 Å². The number of hydrogen-bond acceptors (Lipinski definition) is 5. The maximum absolute atomic E-state index is 11.3. The number of aliphatic carboxylic acids is 1. The number of nitrogens with one attached hydrogen (secondary N) is 1. The molecule has 88 valence electrons. The average molecular weight is 242 g/mol. The van der Waals surface area contributed by atoms with E-state index < -0.39 is 11.4 Å². The number of hydrogen-bond donors (Lipinski definition) is 2. The fourth-order valence-electron chi connectivity index (χ4n) is 1.78. The van der Waals surface area contributed by atoms with Crippen molar-refractivity contribution in [3.05, 3.63) is 11.6 Å². The normalized spacial score (nSPS) is 19.2. The Balaban J connectivity index is 2.00. The van der Waals surface area contributed by atoms with E-state index >= 15 is 0 Å². The van der Waals surface area contributed by atoms with Crippen molar-refractivity contribution >= 4 is 22.4 Å². The van der Waals surface area contributed by atoms with E-state index in [4.69, 9.17) is 4.74 Å². The van der Waals surface area contributed by atoms with E-state index in [1.165, 1.54) is 11.3 Å². The zero-order chi connectivity index (χ0) is 11.4. The Kier molecular flexibility index (Phi) is 3.40. The lowest BCUT2D eigenvalue weighted by molar-refractivity contribution is -0.153. The smallest absolute Gasteiger partial charge is 0.311 e. The first-order chi connectivity index (χ1) is 7.73. The molecule has 0 bridgehead atoms. The van der Waals surface area contributed by atoms with Gasteiger partial charge in [-0.1, -0.05) is 0 Å². The molecule has 1 aromatic rings. The van der Waals surface area contributed by atoms with Gasteiger partial charge in [-0.25, -0.2) is 4.98 Å². The van der Waals surface area contributed by atoms with Crippen LogP contribution in [0.15, 0.2) is 11.6 Å². The van der Waals surface area contributed by atoms with Crippen LogP contribution in [0.1, 0.15) is 12.8 Å². The topological polar surface area (TPSA) is 71.5 Å². The van der Waals surface area contributed by atoms with Crippen molar-refractivity contribution in [1.82, 2.24) is 4.98 Å². The highest BCUT2D eigenvalue weighted by molar-refractivity contribution is 7.13. The van der Waals surface area contributed by atoms with E-state index in [2.05, 4.69) is 10.3 Å². The molecule has 6 heteroatoms. The fourth-order valence-corrected chi connectivity index (χ4v) is 2.31. The zero-order valence-electron chi connectivity index (χ0n) is 8.81. The predicted molar refractivity (Wildman–Crippen MR) is 60.7 cm³/mol. The second-order valence-corrected chi connectivity index (χ2v) is 4.78. The molecule has 2 heterocycles. The second kappa shape index (κ2) is 4.80. The van der Waals surface area contributed by atoms with Gasteiger partial charge in [0, 0.05) is 31.3 Å².